The Hall–Kier alpha value is -2.21. The summed E-state index contributed by atoms with van der Waals surface area (Å²) >= 11 is 0. The number of carbonyl (C=O) groups is 1. The third-order valence-electron chi connectivity index (χ3n) is 4.21. The van der Waals surface area contributed by atoms with Crippen LogP contribution in [-0.2, 0) is 0 Å². The number of halogens is 1. The quantitative estimate of drug-likeness (QED) is 0.914. The van der Waals surface area contributed by atoms with Gasteiger partial charge in [-0.05, 0) is 36.1 Å². The van der Waals surface area contributed by atoms with Gasteiger partial charge in [-0.15, -0.1) is 0 Å². The van der Waals surface area contributed by atoms with Gasteiger partial charge in [-0.25, -0.2) is 4.39 Å². The van der Waals surface area contributed by atoms with E-state index in [1.54, 1.807) is 23.1 Å². The lowest BCUT2D eigenvalue weighted by atomic mass is 10.0. The Kier molecular flexibility index (Phi) is 4.17. The van der Waals surface area contributed by atoms with Crippen LogP contribution in [0.2, 0.25) is 0 Å². The van der Waals surface area contributed by atoms with Crippen molar-refractivity contribution in [2.75, 3.05) is 6.54 Å². The maximum absolute atomic E-state index is 13.5. The van der Waals surface area contributed by atoms with E-state index in [2.05, 4.69) is 10.2 Å². The largest absolute Gasteiger partial charge is 0.391 e. The number of β-amino-alcohol motifs (C(OH)–C–C–N with tert-alkyl or cyclic N) is 1. The Bertz CT molecular complexity index is 713. The fourth-order valence-electron chi connectivity index (χ4n) is 2.96. The van der Waals surface area contributed by atoms with Gasteiger partial charge in [-0.1, -0.05) is 26.0 Å². The third kappa shape index (κ3) is 3.12. The van der Waals surface area contributed by atoms with Gasteiger partial charge in [0.2, 0.25) is 0 Å². The molecule has 1 amide bonds. The predicted octanol–water partition coefficient (Wildman–Crippen LogP) is 2.62. The Morgan fingerprint density at radius 3 is 2.87 bits per heavy atom. The van der Waals surface area contributed by atoms with Crippen LogP contribution >= 0.6 is 0 Å². The molecule has 2 heterocycles. The van der Waals surface area contributed by atoms with Crippen molar-refractivity contribution in [1.82, 2.24) is 15.1 Å². The normalized spacial score (nSPS) is 21.2. The summed E-state index contributed by atoms with van der Waals surface area (Å²) in [6.45, 7) is 4.25. The van der Waals surface area contributed by atoms with Crippen LogP contribution in [0.5, 0.6) is 0 Å². The highest BCUT2D eigenvalue weighted by Crippen LogP contribution is 2.33. The number of H-pyrrole nitrogens is 1. The fraction of sp³-hybridized carbons (Fsp3) is 0.412. The number of aliphatic hydroxyl groups excluding tert-OH is 1. The van der Waals surface area contributed by atoms with Crippen molar-refractivity contribution >= 4 is 5.91 Å². The summed E-state index contributed by atoms with van der Waals surface area (Å²) in [6.07, 6.45) is -0.216. The zero-order chi connectivity index (χ0) is 16.6. The number of amides is 1. The molecule has 1 aliphatic heterocycles. The van der Waals surface area contributed by atoms with Crippen molar-refractivity contribution in [2.45, 2.75) is 38.3 Å². The zero-order valence-corrected chi connectivity index (χ0v) is 13.2. The van der Waals surface area contributed by atoms with Gasteiger partial charge in [-0.3, -0.25) is 9.89 Å². The molecule has 1 aliphatic rings. The topological polar surface area (TPSA) is 69.2 Å². The SMILES string of the molecule is CC(C)c1cc(C(=O)N2C[C@@H](O)C[C@@H]2c2cccc(F)c2)n[nH]1. The van der Waals surface area contributed by atoms with Crippen LogP contribution in [0.3, 0.4) is 0 Å². The fourth-order valence-corrected chi connectivity index (χ4v) is 2.96. The van der Waals surface area contributed by atoms with Crippen LogP contribution in [-0.4, -0.2) is 38.8 Å². The Morgan fingerprint density at radius 1 is 1.43 bits per heavy atom. The van der Waals surface area contributed by atoms with Crippen LogP contribution in [0, 0.1) is 5.82 Å². The number of likely N-dealkylation sites (tertiary alicyclic amines) is 1. The Labute approximate surface area is 134 Å². The Balaban J connectivity index is 1.88. The van der Waals surface area contributed by atoms with E-state index in [9.17, 15) is 14.3 Å². The number of aliphatic hydroxyl groups is 1. The summed E-state index contributed by atoms with van der Waals surface area (Å²) in [6, 6.07) is 7.56. The van der Waals surface area contributed by atoms with E-state index < -0.39 is 6.10 Å². The molecule has 1 saturated heterocycles. The molecule has 0 aliphatic carbocycles. The molecule has 6 heteroatoms. The molecule has 0 radical (unpaired) electrons. The maximum atomic E-state index is 13.5. The molecule has 0 spiro atoms. The molecule has 122 valence electrons. The summed E-state index contributed by atoms with van der Waals surface area (Å²) in [5, 5.41) is 16.9. The lowest BCUT2D eigenvalue weighted by Crippen LogP contribution is -2.32. The van der Waals surface area contributed by atoms with Crippen molar-refractivity contribution < 1.29 is 14.3 Å². The average Bonchev–Trinajstić information content (AvgIpc) is 3.13. The van der Waals surface area contributed by atoms with E-state index in [1.165, 1.54) is 12.1 Å². The first-order valence-corrected chi connectivity index (χ1v) is 7.75. The van der Waals surface area contributed by atoms with Gasteiger partial charge < -0.3 is 10.0 Å². The van der Waals surface area contributed by atoms with Crippen LogP contribution < -0.4 is 0 Å². The molecule has 0 bridgehead atoms. The highest BCUT2D eigenvalue weighted by atomic mass is 19.1. The average molecular weight is 317 g/mol. The molecule has 1 aromatic carbocycles. The molecule has 1 fully saturated rings. The second-order valence-corrected chi connectivity index (χ2v) is 6.28. The van der Waals surface area contributed by atoms with E-state index in [4.69, 9.17) is 0 Å². The van der Waals surface area contributed by atoms with E-state index in [0.717, 1.165) is 5.69 Å². The molecule has 2 N–H and O–H groups in total. The first-order valence-electron chi connectivity index (χ1n) is 7.75. The first-order chi connectivity index (χ1) is 11.0. The highest BCUT2D eigenvalue weighted by Gasteiger charge is 2.36. The van der Waals surface area contributed by atoms with Crippen molar-refractivity contribution in [1.29, 1.82) is 0 Å². The first kappa shape index (κ1) is 15.7. The summed E-state index contributed by atoms with van der Waals surface area (Å²) in [5.74, 6) is -0.357. The molecule has 2 aromatic rings. The van der Waals surface area contributed by atoms with Crippen LogP contribution in [0.4, 0.5) is 4.39 Å². The zero-order valence-electron chi connectivity index (χ0n) is 13.2. The minimum absolute atomic E-state index is 0.226. The van der Waals surface area contributed by atoms with Gasteiger partial charge >= 0.3 is 0 Å². The summed E-state index contributed by atoms with van der Waals surface area (Å²) in [4.78, 5) is 14.3. The van der Waals surface area contributed by atoms with E-state index in [0.29, 0.717) is 17.7 Å². The monoisotopic (exact) mass is 317 g/mol. The summed E-state index contributed by atoms with van der Waals surface area (Å²) < 4.78 is 13.5. The van der Waals surface area contributed by atoms with E-state index in [-0.39, 0.29) is 30.2 Å². The van der Waals surface area contributed by atoms with Gasteiger partial charge in [0.15, 0.2) is 0 Å². The highest BCUT2D eigenvalue weighted by molar-refractivity contribution is 5.93. The third-order valence-corrected chi connectivity index (χ3v) is 4.21. The number of aromatic nitrogens is 2. The molecule has 5 nitrogen and oxygen atoms in total. The number of carbonyl (C=O) groups excluding carboxylic acids is 1. The molecule has 2 atom stereocenters. The number of nitrogens with zero attached hydrogens (tertiary/aromatic N) is 2. The number of rotatable bonds is 3. The minimum Gasteiger partial charge on any atom is -0.391 e. The minimum atomic E-state index is -0.615. The van der Waals surface area contributed by atoms with Gasteiger partial charge in [-0.2, -0.15) is 5.10 Å². The van der Waals surface area contributed by atoms with Crippen molar-refractivity contribution in [3.63, 3.8) is 0 Å². The number of benzene rings is 1. The lowest BCUT2D eigenvalue weighted by molar-refractivity contribution is 0.0709. The van der Waals surface area contributed by atoms with Gasteiger partial charge in [0.1, 0.15) is 11.5 Å². The molecule has 23 heavy (non-hydrogen) atoms. The van der Waals surface area contributed by atoms with Gasteiger partial charge in [0, 0.05) is 12.2 Å². The Morgan fingerprint density at radius 2 is 2.22 bits per heavy atom. The number of nitrogens with one attached hydrogen (secondary N) is 1. The smallest absolute Gasteiger partial charge is 0.274 e. The molecule has 1 aromatic heterocycles. The van der Waals surface area contributed by atoms with Gasteiger partial charge in [0.25, 0.3) is 5.91 Å². The predicted molar refractivity (Wildman–Crippen MR) is 83.5 cm³/mol. The standard InChI is InChI=1S/C17H20FN3O2/c1-10(2)14-8-15(20-19-14)17(23)21-9-13(22)7-16(21)11-4-3-5-12(18)6-11/h3-6,8,10,13,16,22H,7,9H2,1-2H3,(H,19,20)/t13-,16+/m0/s1. The number of hydrogen-bond donors (Lipinski definition) is 2. The van der Waals surface area contributed by atoms with Crippen molar-refractivity contribution in [3.8, 4) is 0 Å². The second kappa shape index (κ2) is 6.12. The molecular weight excluding hydrogens is 297 g/mol. The summed E-state index contributed by atoms with van der Waals surface area (Å²) in [7, 11) is 0. The molecule has 3 rings (SSSR count). The van der Waals surface area contributed by atoms with E-state index >= 15 is 0 Å². The second-order valence-electron chi connectivity index (χ2n) is 6.28. The van der Waals surface area contributed by atoms with Crippen LogP contribution in [0.25, 0.3) is 0 Å². The van der Waals surface area contributed by atoms with Crippen molar-refractivity contribution in [3.05, 3.63) is 53.1 Å². The molecule has 0 unspecified atom stereocenters. The lowest BCUT2D eigenvalue weighted by Gasteiger charge is -2.24. The van der Waals surface area contributed by atoms with Crippen LogP contribution in [0.1, 0.15) is 54.0 Å². The maximum Gasteiger partial charge on any atom is 0.274 e. The van der Waals surface area contributed by atoms with Gasteiger partial charge in [0.05, 0.1) is 12.1 Å². The molecular formula is C17H20FN3O2. The number of aromatic amines is 1. The van der Waals surface area contributed by atoms with Crippen molar-refractivity contribution in [2.24, 2.45) is 0 Å². The number of hydrogen-bond acceptors (Lipinski definition) is 3. The van der Waals surface area contributed by atoms with Crippen LogP contribution in [0.15, 0.2) is 30.3 Å². The van der Waals surface area contributed by atoms with E-state index in [1.807, 2.05) is 13.8 Å². The molecule has 0 saturated carbocycles. The summed E-state index contributed by atoms with van der Waals surface area (Å²) in [5.41, 5.74) is 1.90.